The van der Waals surface area contributed by atoms with Gasteiger partial charge in [0.25, 0.3) is 0 Å². The summed E-state index contributed by atoms with van der Waals surface area (Å²) in [5.74, 6) is -0.116. The van der Waals surface area contributed by atoms with Crippen molar-refractivity contribution in [2.75, 3.05) is 30.8 Å². The van der Waals surface area contributed by atoms with Crippen LogP contribution in [0.2, 0.25) is 0 Å². The van der Waals surface area contributed by atoms with Crippen molar-refractivity contribution in [2.45, 2.75) is 46.2 Å². The highest BCUT2D eigenvalue weighted by Crippen LogP contribution is 2.21. The molecule has 1 N–H and O–H groups in total. The van der Waals surface area contributed by atoms with Gasteiger partial charge in [0.1, 0.15) is 18.3 Å². The molecular formula is C25H35N3O5S. The standard InChI is InChI=1S/C25H35N3O5S/c1-6-19-12-14-21(15-13-19)28(34(5,31)32)18-24(29)27(23(7-2)25(30)26-8-3)17-20-10-9-11-22(16-20)33-4/h9-16,23H,6-8,17-18H2,1-5H3,(H,26,30). The molecule has 0 heterocycles. The number of ether oxygens (including phenoxy) is 1. The van der Waals surface area contributed by atoms with E-state index in [-0.39, 0.29) is 12.5 Å². The average Bonchev–Trinajstić information content (AvgIpc) is 2.82. The fraction of sp³-hybridized carbons (Fsp3) is 0.440. The lowest BCUT2D eigenvalue weighted by Crippen LogP contribution is -2.52. The SMILES string of the molecule is CCNC(=O)C(CC)N(Cc1cccc(OC)c1)C(=O)CN(c1ccc(CC)cc1)S(C)(=O)=O. The summed E-state index contributed by atoms with van der Waals surface area (Å²) in [5.41, 5.74) is 2.24. The largest absolute Gasteiger partial charge is 0.497 e. The number of amides is 2. The molecule has 0 aliphatic heterocycles. The van der Waals surface area contributed by atoms with Crippen molar-refractivity contribution in [3.05, 3.63) is 59.7 Å². The molecule has 0 aromatic heterocycles. The van der Waals surface area contributed by atoms with Gasteiger partial charge in [-0.3, -0.25) is 13.9 Å². The molecule has 0 bridgehead atoms. The number of anilines is 1. The molecule has 0 aliphatic rings. The van der Waals surface area contributed by atoms with Gasteiger partial charge >= 0.3 is 0 Å². The Labute approximate surface area is 202 Å². The zero-order valence-corrected chi connectivity index (χ0v) is 21.4. The van der Waals surface area contributed by atoms with Gasteiger partial charge in [-0.05, 0) is 55.2 Å². The van der Waals surface area contributed by atoms with Crippen LogP contribution in [0.3, 0.4) is 0 Å². The molecule has 0 aliphatic carbocycles. The number of nitrogens with zero attached hydrogens (tertiary/aromatic N) is 2. The predicted octanol–water partition coefficient (Wildman–Crippen LogP) is 2.97. The Morgan fingerprint density at radius 1 is 1.03 bits per heavy atom. The monoisotopic (exact) mass is 489 g/mol. The number of carbonyl (C=O) groups is 2. The number of methoxy groups -OCH3 is 1. The highest BCUT2D eigenvalue weighted by Gasteiger charge is 2.31. The van der Waals surface area contributed by atoms with E-state index in [4.69, 9.17) is 4.74 Å². The minimum absolute atomic E-state index is 0.137. The van der Waals surface area contributed by atoms with Crippen molar-refractivity contribution in [1.82, 2.24) is 10.2 Å². The number of benzene rings is 2. The van der Waals surface area contributed by atoms with Gasteiger partial charge in [-0.25, -0.2) is 8.42 Å². The lowest BCUT2D eigenvalue weighted by Gasteiger charge is -2.32. The van der Waals surface area contributed by atoms with Gasteiger partial charge in [-0.2, -0.15) is 0 Å². The van der Waals surface area contributed by atoms with E-state index in [1.165, 1.54) is 4.90 Å². The molecule has 2 rings (SSSR count). The van der Waals surface area contributed by atoms with E-state index in [0.717, 1.165) is 28.1 Å². The fourth-order valence-corrected chi connectivity index (χ4v) is 4.54. The van der Waals surface area contributed by atoms with Gasteiger partial charge in [0.05, 0.1) is 19.1 Å². The molecule has 1 unspecified atom stereocenters. The molecule has 0 saturated heterocycles. The van der Waals surface area contributed by atoms with Crippen LogP contribution >= 0.6 is 0 Å². The Bertz CT molecular complexity index is 1070. The van der Waals surface area contributed by atoms with Gasteiger partial charge in [0.2, 0.25) is 21.8 Å². The molecular weight excluding hydrogens is 454 g/mol. The number of rotatable bonds is 12. The first-order valence-corrected chi connectivity index (χ1v) is 13.3. The Balaban J connectivity index is 2.43. The van der Waals surface area contributed by atoms with E-state index < -0.39 is 28.5 Å². The molecule has 2 amide bonds. The summed E-state index contributed by atoms with van der Waals surface area (Å²) in [4.78, 5) is 27.8. The second kappa shape index (κ2) is 12.4. The third-order valence-corrected chi connectivity index (χ3v) is 6.68. The van der Waals surface area contributed by atoms with Crippen LogP contribution in [0.15, 0.2) is 48.5 Å². The zero-order chi connectivity index (χ0) is 25.3. The number of likely N-dealkylation sites (N-methyl/N-ethyl adjacent to an activating group) is 1. The molecule has 8 nitrogen and oxygen atoms in total. The van der Waals surface area contributed by atoms with Crippen LogP contribution in [0.5, 0.6) is 5.75 Å². The number of carbonyl (C=O) groups excluding carboxylic acids is 2. The Kier molecular flexibility index (Phi) is 9.92. The van der Waals surface area contributed by atoms with E-state index in [0.29, 0.717) is 24.4 Å². The van der Waals surface area contributed by atoms with E-state index in [1.807, 2.05) is 45.0 Å². The number of sulfonamides is 1. The molecule has 2 aromatic carbocycles. The second-order valence-electron chi connectivity index (χ2n) is 7.98. The molecule has 2 aromatic rings. The van der Waals surface area contributed by atoms with Crippen LogP contribution < -0.4 is 14.4 Å². The van der Waals surface area contributed by atoms with Crippen molar-refractivity contribution >= 4 is 27.5 Å². The third kappa shape index (κ3) is 7.21. The van der Waals surface area contributed by atoms with E-state index >= 15 is 0 Å². The first-order valence-electron chi connectivity index (χ1n) is 11.4. The fourth-order valence-electron chi connectivity index (χ4n) is 3.69. The maximum Gasteiger partial charge on any atom is 0.244 e. The normalized spacial score (nSPS) is 12.0. The van der Waals surface area contributed by atoms with Gasteiger partial charge < -0.3 is 15.0 Å². The first kappa shape index (κ1) is 27.2. The van der Waals surface area contributed by atoms with E-state index in [2.05, 4.69) is 5.32 Å². The van der Waals surface area contributed by atoms with Gasteiger partial charge in [0.15, 0.2) is 0 Å². The summed E-state index contributed by atoms with van der Waals surface area (Å²) in [6, 6.07) is 13.6. The summed E-state index contributed by atoms with van der Waals surface area (Å²) in [6.07, 6.45) is 2.27. The molecule has 0 saturated carbocycles. The van der Waals surface area contributed by atoms with Crippen molar-refractivity contribution in [1.29, 1.82) is 0 Å². The Morgan fingerprint density at radius 2 is 1.71 bits per heavy atom. The topological polar surface area (TPSA) is 96.0 Å². The van der Waals surface area contributed by atoms with Gasteiger partial charge in [-0.1, -0.05) is 38.1 Å². The van der Waals surface area contributed by atoms with Crippen LogP contribution in [0, 0.1) is 0 Å². The zero-order valence-electron chi connectivity index (χ0n) is 20.6. The molecule has 0 spiro atoms. The second-order valence-corrected chi connectivity index (χ2v) is 9.89. The maximum absolute atomic E-state index is 13.6. The molecule has 34 heavy (non-hydrogen) atoms. The lowest BCUT2D eigenvalue weighted by molar-refractivity contribution is -0.140. The van der Waals surface area contributed by atoms with Crippen LogP contribution in [0.4, 0.5) is 5.69 Å². The highest BCUT2D eigenvalue weighted by molar-refractivity contribution is 7.92. The molecule has 186 valence electrons. The van der Waals surface area contributed by atoms with Crippen molar-refractivity contribution in [3.8, 4) is 5.75 Å². The summed E-state index contributed by atoms with van der Waals surface area (Å²) in [6.45, 7) is 5.79. The van der Waals surface area contributed by atoms with E-state index in [9.17, 15) is 18.0 Å². The van der Waals surface area contributed by atoms with Crippen LogP contribution in [-0.2, 0) is 32.6 Å². The molecule has 0 radical (unpaired) electrons. The van der Waals surface area contributed by atoms with Crippen molar-refractivity contribution in [3.63, 3.8) is 0 Å². The van der Waals surface area contributed by atoms with Gasteiger partial charge in [0, 0.05) is 13.1 Å². The number of hydrogen-bond donors (Lipinski definition) is 1. The number of aryl methyl sites for hydroxylation is 1. The van der Waals surface area contributed by atoms with Crippen LogP contribution in [0.25, 0.3) is 0 Å². The first-order chi connectivity index (χ1) is 16.1. The summed E-state index contributed by atoms with van der Waals surface area (Å²) >= 11 is 0. The van der Waals surface area contributed by atoms with Crippen molar-refractivity contribution in [2.24, 2.45) is 0 Å². The van der Waals surface area contributed by atoms with Crippen molar-refractivity contribution < 1.29 is 22.7 Å². The lowest BCUT2D eigenvalue weighted by atomic mass is 10.1. The Hall–Kier alpha value is -3.07. The summed E-state index contributed by atoms with van der Waals surface area (Å²) in [7, 11) is -2.19. The van der Waals surface area contributed by atoms with E-state index in [1.54, 1.807) is 31.4 Å². The summed E-state index contributed by atoms with van der Waals surface area (Å²) < 4.78 is 31.6. The average molecular weight is 490 g/mol. The molecule has 1 atom stereocenters. The minimum Gasteiger partial charge on any atom is -0.497 e. The highest BCUT2D eigenvalue weighted by atomic mass is 32.2. The summed E-state index contributed by atoms with van der Waals surface area (Å²) in [5, 5.41) is 2.78. The predicted molar refractivity (Wildman–Crippen MR) is 134 cm³/mol. The number of hydrogen-bond acceptors (Lipinski definition) is 5. The Morgan fingerprint density at radius 3 is 2.24 bits per heavy atom. The molecule has 9 heteroatoms. The number of nitrogens with one attached hydrogen (secondary N) is 1. The maximum atomic E-state index is 13.6. The van der Waals surface area contributed by atoms with Gasteiger partial charge in [-0.15, -0.1) is 0 Å². The van der Waals surface area contributed by atoms with Crippen LogP contribution in [-0.4, -0.2) is 57.6 Å². The van der Waals surface area contributed by atoms with Crippen LogP contribution in [0.1, 0.15) is 38.3 Å². The molecule has 0 fully saturated rings. The minimum atomic E-state index is -3.75. The quantitative estimate of drug-likeness (QED) is 0.495. The smallest absolute Gasteiger partial charge is 0.244 e. The third-order valence-electron chi connectivity index (χ3n) is 5.54.